The highest BCUT2D eigenvalue weighted by atomic mass is 16.5. The van der Waals surface area contributed by atoms with Crippen molar-refractivity contribution < 1.29 is 19.1 Å². The number of carbonyl (C=O) groups is 3. The Morgan fingerprint density at radius 2 is 1.57 bits per heavy atom. The van der Waals surface area contributed by atoms with Gasteiger partial charge in [0.05, 0.1) is 11.1 Å². The molecule has 6 heteroatoms. The number of rotatable bonds is 4. The normalized spacial score (nSPS) is 13.0. The van der Waals surface area contributed by atoms with E-state index in [9.17, 15) is 14.4 Å². The van der Waals surface area contributed by atoms with E-state index in [2.05, 4.69) is 5.32 Å². The molecule has 0 spiro atoms. The van der Waals surface area contributed by atoms with Crippen molar-refractivity contribution >= 4 is 23.4 Å². The molecule has 0 fully saturated rings. The standard InChI is InChI=1S/C17H14N2O4/c1-11(20)18-12-6-8-13(9-7-12)23-10-19-16(21)14-4-2-3-5-15(14)17(19)22/h2-9H,10H2,1H3,(H,18,20). The molecule has 2 aromatic rings. The molecular weight excluding hydrogens is 296 g/mol. The molecule has 0 atom stereocenters. The van der Waals surface area contributed by atoms with Crippen LogP contribution in [0.15, 0.2) is 48.5 Å². The number of benzene rings is 2. The lowest BCUT2D eigenvalue weighted by Crippen LogP contribution is -2.33. The lowest BCUT2D eigenvalue weighted by atomic mass is 10.1. The topological polar surface area (TPSA) is 75.7 Å². The van der Waals surface area contributed by atoms with E-state index in [0.29, 0.717) is 22.6 Å². The van der Waals surface area contributed by atoms with Crippen LogP contribution in [-0.4, -0.2) is 29.4 Å². The minimum absolute atomic E-state index is 0.161. The lowest BCUT2D eigenvalue weighted by molar-refractivity contribution is -0.114. The molecule has 0 saturated heterocycles. The zero-order valence-corrected chi connectivity index (χ0v) is 12.4. The highest BCUT2D eigenvalue weighted by molar-refractivity contribution is 6.21. The van der Waals surface area contributed by atoms with Gasteiger partial charge in [-0.05, 0) is 36.4 Å². The highest BCUT2D eigenvalue weighted by Gasteiger charge is 2.35. The Kier molecular flexibility index (Phi) is 3.80. The molecule has 1 N–H and O–H groups in total. The van der Waals surface area contributed by atoms with Crippen molar-refractivity contribution in [3.05, 3.63) is 59.7 Å². The molecule has 2 aromatic carbocycles. The summed E-state index contributed by atoms with van der Waals surface area (Å²) in [5.41, 5.74) is 1.43. The van der Waals surface area contributed by atoms with E-state index in [1.807, 2.05) is 0 Å². The lowest BCUT2D eigenvalue weighted by Gasteiger charge is -2.15. The first-order valence-corrected chi connectivity index (χ1v) is 7.02. The van der Waals surface area contributed by atoms with Gasteiger partial charge in [-0.1, -0.05) is 12.1 Å². The molecule has 0 radical (unpaired) electrons. The zero-order chi connectivity index (χ0) is 16.4. The van der Waals surface area contributed by atoms with Gasteiger partial charge in [0.25, 0.3) is 11.8 Å². The van der Waals surface area contributed by atoms with Gasteiger partial charge in [-0.3, -0.25) is 14.4 Å². The third-order valence-electron chi connectivity index (χ3n) is 3.41. The number of hydrogen-bond donors (Lipinski definition) is 1. The number of nitrogens with one attached hydrogen (secondary N) is 1. The van der Waals surface area contributed by atoms with Crippen molar-refractivity contribution in [1.82, 2.24) is 4.90 Å². The monoisotopic (exact) mass is 310 g/mol. The predicted octanol–water partition coefficient (Wildman–Crippen LogP) is 2.28. The van der Waals surface area contributed by atoms with E-state index in [-0.39, 0.29) is 24.5 Å². The Bertz CT molecular complexity index is 748. The second-order valence-corrected chi connectivity index (χ2v) is 5.06. The van der Waals surface area contributed by atoms with Crippen LogP contribution in [-0.2, 0) is 4.79 Å². The third-order valence-corrected chi connectivity index (χ3v) is 3.41. The molecule has 116 valence electrons. The second kappa shape index (κ2) is 5.92. The van der Waals surface area contributed by atoms with Crippen LogP contribution in [0.2, 0.25) is 0 Å². The van der Waals surface area contributed by atoms with E-state index in [1.165, 1.54) is 6.92 Å². The molecule has 0 aliphatic carbocycles. The summed E-state index contributed by atoms with van der Waals surface area (Å²) in [6, 6.07) is 13.4. The number of amides is 3. The number of imide groups is 1. The molecule has 23 heavy (non-hydrogen) atoms. The summed E-state index contributed by atoms with van der Waals surface area (Å²) in [6.07, 6.45) is 0. The van der Waals surface area contributed by atoms with Gasteiger partial charge in [0, 0.05) is 12.6 Å². The van der Waals surface area contributed by atoms with Crippen molar-refractivity contribution in [2.24, 2.45) is 0 Å². The van der Waals surface area contributed by atoms with Crippen molar-refractivity contribution in [2.45, 2.75) is 6.92 Å². The summed E-state index contributed by atoms with van der Waals surface area (Å²) >= 11 is 0. The average molecular weight is 310 g/mol. The van der Waals surface area contributed by atoms with E-state index >= 15 is 0 Å². The molecule has 3 rings (SSSR count). The van der Waals surface area contributed by atoms with Crippen LogP contribution in [0.1, 0.15) is 27.6 Å². The van der Waals surface area contributed by atoms with Gasteiger partial charge < -0.3 is 10.1 Å². The van der Waals surface area contributed by atoms with Gasteiger partial charge in [0.15, 0.2) is 6.73 Å². The summed E-state index contributed by atoms with van der Waals surface area (Å²) in [5, 5.41) is 2.64. The van der Waals surface area contributed by atoms with Gasteiger partial charge in [-0.25, -0.2) is 4.90 Å². The summed E-state index contributed by atoms with van der Waals surface area (Å²) in [6.45, 7) is 1.26. The average Bonchev–Trinajstić information content (AvgIpc) is 2.78. The van der Waals surface area contributed by atoms with Crippen LogP contribution < -0.4 is 10.1 Å². The quantitative estimate of drug-likeness (QED) is 0.879. The molecule has 0 aromatic heterocycles. The molecule has 3 amide bonds. The minimum Gasteiger partial charge on any atom is -0.473 e. The molecular formula is C17H14N2O4. The summed E-state index contributed by atoms with van der Waals surface area (Å²) in [4.78, 5) is 36.4. The number of hydrogen-bond acceptors (Lipinski definition) is 4. The Morgan fingerprint density at radius 1 is 1.00 bits per heavy atom. The van der Waals surface area contributed by atoms with Crippen LogP contribution in [0.5, 0.6) is 5.75 Å². The Morgan fingerprint density at radius 3 is 2.09 bits per heavy atom. The van der Waals surface area contributed by atoms with E-state index in [1.54, 1.807) is 48.5 Å². The fourth-order valence-corrected chi connectivity index (χ4v) is 2.33. The molecule has 1 heterocycles. The van der Waals surface area contributed by atoms with E-state index in [0.717, 1.165) is 4.90 Å². The van der Waals surface area contributed by atoms with Crippen LogP contribution in [0.4, 0.5) is 5.69 Å². The molecule has 6 nitrogen and oxygen atoms in total. The maximum Gasteiger partial charge on any atom is 0.264 e. The molecule has 0 bridgehead atoms. The summed E-state index contributed by atoms with van der Waals surface area (Å²) < 4.78 is 5.49. The van der Waals surface area contributed by atoms with E-state index in [4.69, 9.17) is 4.74 Å². The van der Waals surface area contributed by atoms with Crippen LogP contribution in [0.3, 0.4) is 0 Å². The minimum atomic E-state index is -0.361. The first kappa shape index (κ1) is 14.8. The number of carbonyl (C=O) groups excluding carboxylic acids is 3. The number of ether oxygens (including phenoxy) is 1. The molecule has 1 aliphatic heterocycles. The van der Waals surface area contributed by atoms with E-state index < -0.39 is 0 Å². The highest BCUT2D eigenvalue weighted by Crippen LogP contribution is 2.23. The summed E-state index contributed by atoms with van der Waals surface area (Å²) in [5.74, 6) is -0.388. The van der Waals surface area contributed by atoms with Crippen molar-refractivity contribution in [3.63, 3.8) is 0 Å². The Hall–Kier alpha value is -3.15. The third kappa shape index (κ3) is 2.91. The van der Waals surface area contributed by atoms with Crippen LogP contribution in [0, 0.1) is 0 Å². The van der Waals surface area contributed by atoms with Crippen molar-refractivity contribution in [1.29, 1.82) is 0 Å². The number of fused-ring (bicyclic) bond motifs is 1. The second-order valence-electron chi connectivity index (χ2n) is 5.06. The first-order valence-electron chi connectivity index (χ1n) is 7.02. The first-order chi connectivity index (χ1) is 11.1. The molecule has 0 unspecified atom stereocenters. The number of nitrogens with zero attached hydrogens (tertiary/aromatic N) is 1. The number of anilines is 1. The maximum absolute atomic E-state index is 12.2. The Labute approximate surface area is 132 Å². The zero-order valence-electron chi connectivity index (χ0n) is 12.4. The molecule has 0 saturated carbocycles. The van der Waals surface area contributed by atoms with Gasteiger partial charge in [0.1, 0.15) is 5.75 Å². The molecule has 1 aliphatic rings. The van der Waals surface area contributed by atoms with Gasteiger partial charge in [0.2, 0.25) is 5.91 Å². The van der Waals surface area contributed by atoms with Gasteiger partial charge in [-0.2, -0.15) is 0 Å². The maximum atomic E-state index is 12.2. The van der Waals surface area contributed by atoms with Crippen LogP contribution in [0.25, 0.3) is 0 Å². The van der Waals surface area contributed by atoms with Gasteiger partial charge in [-0.15, -0.1) is 0 Å². The fraction of sp³-hybridized carbons (Fsp3) is 0.118. The van der Waals surface area contributed by atoms with Gasteiger partial charge >= 0.3 is 0 Å². The largest absolute Gasteiger partial charge is 0.473 e. The smallest absolute Gasteiger partial charge is 0.264 e. The predicted molar refractivity (Wildman–Crippen MR) is 83.2 cm³/mol. The van der Waals surface area contributed by atoms with Crippen molar-refractivity contribution in [2.75, 3.05) is 12.0 Å². The van der Waals surface area contributed by atoms with Crippen LogP contribution >= 0.6 is 0 Å². The fourth-order valence-electron chi connectivity index (χ4n) is 2.33. The van der Waals surface area contributed by atoms with Crippen molar-refractivity contribution in [3.8, 4) is 5.75 Å². The SMILES string of the molecule is CC(=O)Nc1ccc(OCN2C(=O)c3ccccc3C2=O)cc1. The Balaban J connectivity index is 1.66. The summed E-state index contributed by atoms with van der Waals surface area (Å²) in [7, 11) is 0.